The fourth-order valence-corrected chi connectivity index (χ4v) is 1.99. The minimum atomic E-state index is 0.564. The van der Waals surface area contributed by atoms with Crippen molar-refractivity contribution < 1.29 is 0 Å². The standard InChI is InChI=1S/C9H15N5S/c1-2-14(5-3-4-10)7-8-6-12-9(13-11)15-8/h6H,2-3,5,7,11H2,1H3,(H,12,13). The Bertz CT molecular complexity index is 329. The van der Waals surface area contributed by atoms with E-state index in [-0.39, 0.29) is 0 Å². The first kappa shape index (κ1) is 11.9. The molecule has 0 aliphatic heterocycles. The van der Waals surface area contributed by atoms with Crippen LogP contribution in [0.2, 0.25) is 0 Å². The molecular weight excluding hydrogens is 210 g/mol. The van der Waals surface area contributed by atoms with Crippen LogP contribution in [-0.2, 0) is 6.54 Å². The molecule has 6 heteroatoms. The highest BCUT2D eigenvalue weighted by Gasteiger charge is 2.06. The van der Waals surface area contributed by atoms with Crippen molar-refractivity contribution in [3.05, 3.63) is 11.1 Å². The monoisotopic (exact) mass is 225 g/mol. The highest BCUT2D eigenvalue weighted by molar-refractivity contribution is 7.15. The predicted molar refractivity (Wildman–Crippen MR) is 61.1 cm³/mol. The summed E-state index contributed by atoms with van der Waals surface area (Å²) in [7, 11) is 0. The van der Waals surface area contributed by atoms with Crippen LogP contribution in [0.15, 0.2) is 6.20 Å². The summed E-state index contributed by atoms with van der Waals surface area (Å²) in [6.07, 6.45) is 2.38. The number of nitriles is 1. The lowest BCUT2D eigenvalue weighted by molar-refractivity contribution is 0.289. The maximum atomic E-state index is 8.51. The molecule has 0 bridgehead atoms. The maximum Gasteiger partial charge on any atom is 0.197 e. The lowest BCUT2D eigenvalue weighted by atomic mass is 10.4. The number of hydrogen-bond donors (Lipinski definition) is 2. The summed E-state index contributed by atoms with van der Waals surface area (Å²) in [5.74, 6) is 5.25. The number of thiazole rings is 1. The molecule has 1 rings (SSSR count). The van der Waals surface area contributed by atoms with Crippen LogP contribution in [0.25, 0.3) is 0 Å². The van der Waals surface area contributed by atoms with E-state index < -0.39 is 0 Å². The molecule has 1 aromatic heterocycles. The number of nitrogen functional groups attached to an aromatic ring is 1. The highest BCUT2D eigenvalue weighted by Crippen LogP contribution is 2.18. The van der Waals surface area contributed by atoms with Gasteiger partial charge in [-0.15, -0.1) is 0 Å². The van der Waals surface area contributed by atoms with E-state index in [9.17, 15) is 0 Å². The fourth-order valence-electron chi connectivity index (χ4n) is 1.22. The first-order valence-corrected chi connectivity index (χ1v) is 5.62. The number of rotatable bonds is 6. The Morgan fingerprint density at radius 3 is 3.07 bits per heavy atom. The van der Waals surface area contributed by atoms with Crippen LogP contribution in [0.4, 0.5) is 5.13 Å². The van der Waals surface area contributed by atoms with E-state index in [1.54, 1.807) is 0 Å². The summed E-state index contributed by atoms with van der Waals surface area (Å²) in [4.78, 5) is 7.45. The van der Waals surface area contributed by atoms with Crippen LogP contribution in [0.5, 0.6) is 0 Å². The quantitative estimate of drug-likeness (QED) is 0.561. The van der Waals surface area contributed by atoms with E-state index in [4.69, 9.17) is 11.1 Å². The van der Waals surface area contributed by atoms with E-state index in [2.05, 4.69) is 28.3 Å². The first-order chi connectivity index (χ1) is 7.30. The van der Waals surface area contributed by atoms with E-state index in [1.165, 1.54) is 11.3 Å². The Balaban J connectivity index is 2.47. The van der Waals surface area contributed by atoms with Gasteiger partial charge in [0.25, 0.3) is 0 Å². The molecule has 0 aliphatic carbocycles. The van der Waals surface area contributed by atoms with Gasteiger partial charge < -0.3 is 0 Å². The van der Waals surface area contributed by atoms with Crippen LogP contribution in [0.3, 0.4) is 0 Å². The molecule has 1 aromatic rings. The number of hydrogen-bond acceptors (Lipinski definition) is 6. The molecule has 0 atom stereocenters. The number of nitrogens with one attached hydrogen (secondary N) is 1. The molecular formula is C9H15N5S. The average Bonchev–Trinajstić information content (AvgIpc) is 2.71. The summed E-state index contributed by atoms with van der Waals surface area (Å²) >= 11 is 1.54. The van der Waals surface area contributed by atoms with Gasteiger partial charge >= 0.3 is 0 Å². The van der Waals surface area contributed by atoms with Gasteiger partial charge in [-0.25, -0.2) is 10.8 Å². The van der Waals surface area contributed by atoms with Gasteiger partial charge in [0.15, 0.2) is 5.13 Å². The zero-order valence-electron chi connectivity index (χ0n) is 8.73. The van der Waals surface area contributed by atoms with Crippen LogP contribution < -0.4 is 11.3 Å². The van der Waals surface area contributed by atoms with Gasteiger partial charge in [0, 0.05) is 30.6 Å². The van der Waals surface area contributed by atoms with Gasteiger partial charge in [-0.05, 0) is 6.54 Å². The lowest BCUT2D eigenvalue weighted by Crippen LogP contribution is -2.23. The van der Waals surface area contributed by atoms with Gasteiger partial charge in [0.2, 0.25) is 0 Å². The zero-order chi connectivity index (χ0) is 11.1. The van der Waals surface area contributed by atoms with Crippen molar-refractivity contribution in [3.8, 4) is 6.07 Å². The van der Waals surface area contributed by atoms with Crippen LogP contribution in [0, 0.1) is 11.3 Å². The number of anilines is 1. The lowest BCUT2D eigenvalue weighted by Gasteiger charge is -2.17. The number of nitrogens with zero attached hydrogens (tertiary/aromatic N) is 3. The summed E-state index contributed by atoms with van der Waals surface area (Å²) in [6, 6.07) is 2.15. The molecule has 0 spiro atoms. The van der Waals surface area contributed by atoms with Crippen molar-refractivity contribution in [3.63, 3.8) is 0 Å². The van der Waals surface area contributed by atoms with Crippen molar-refractivity contribution >= 4 is 16.5 Å². The largest absolute Gasteiger partial charge is 0.300 e. The first-order valence-electron chi connectivity index (χ1n) is 4.80. The smallest absolute Gasteiger partial charge is 0.197 e. The maximum absolute atomic E-state index is 8.51. The normalized spacial score (nSPS) is 10.3. The molecule has 0 fully saturated rings. The van der Waals surface area contributed by atoms with Gasteiger partial charge in [-0.1, -0.05) is 18.3 Å². The molecule has 15 heavy (non-hydrogen) atoms. The van der Waals surface area contributed by atoms with Crippen molar-refractivity contribution in [2.24, 2.45) is 5.84 Å². The van der Waals surface area contributed by atoms with Crippen LogP contribution in [-0.4, -0.2) is 23.0 Å². The Hall–Kier alpha value is -1.16. The highest BCUT2D eigenvalue weighted by atomic mass is 32.1. The van der Waals surface area contributed by atoms with Crippen molar-refractivity contribution in [2.45, 2.75) is 19.9 Å². The minimum Gasteiger partial charge on any atom is -0.300 e. The van der Waals surface area contributed by atoms with E-state index in [0.717, 1.165) is 29.6 Å². The molecule has 0 radical (unpaired) electrons. The molecule has 0 saturated carbocycles. The number of aromatic nitrogens is 1. The number of nitrogens with two attached hydrogens (primary N) is 1. The second-order valence-electron chi connectivity index (χ2n) is 3.05. The molecule has 0 saturated heterocycles. The SMILES string of the molecule is CCN(CCC#N)Cc1cnc(NN)s1. The van der Waals surface area contributed by atoms with E-state index in [1.807, 2.05) is 6.20 Å². The molecule has 0 amide bonds. The Kier molecular flexibility index (Phi) is 5.04. The molecule has 0 aliphatic rings. The molecule has 5 nitrogen and oxygen atoms in total. The second kappa shape index (κ2) is 6.35. The van der Waals surface area contributed by atoms with Crippen LogP contribution >= 0.6 is 11.3 Å². The molecule has 0 aromatic carbocycles. The minimum absolute atomic E-state index is 0.564. The van der Waals surface area contributed by atoms with Gasteiger partial charge in [-0.3, -0.25) is 10.3 Å². The Labute approximate surface area is 93.5 Å². The summed E-state index contributed by atoms with van der Waals surface area (Å²) in [5, 5.41) is 9.23. The molecule has 82 valence electrons. The van der Waals surface area contributed by atoms with E-state index in [0.29, 0.717) is 6.42 Å². The molecule has 3 N–H and O–H groups in total. The van der Waals surface area contributed by atoms with Crippen molar-refractivity contribution in [2.75, 3.05) is 18.5 Å². The van der Waals surface area contributed by atoms with Gasteiger partial charge in [-0.2, -0.15) is 5.26 Å². The third-order valence-electron chi connectivity index (χ3n) is 2.04. The van der Waals surface area contributed by atoms with Gasteiger partial charge in [0.05, 0.1) is 6.07 Å². The number of hydrazine groups is 1. The topological polar surface area (TPSA) is 78.0 Å². The molecule has 1 heterocycles. The predicted octanol–water partition coefficient (Wildman–Crippen LogP) is 1.16. The van der Waals surface area contributed by atoms with Crippen molar-refractivity contribution in [1.82, 2.24) is 9.88 Å². The Morgan fingerprint density at radius 1 is 1.73 bits per heavy atom. The van der Waals surface area contributed by atoms with Crippen LogP contribution in [0.1, 0.15) is 18.2 Å². The average molecular weight is 225 g/mol. The zero-order valence-corrected chi connectivity index (χ0v) is 9.55. The van der Waals surface area contributed by atoms with Gasteiger partial charge in [0.1, 0.15) is 0 Å². The third kappa shape index (κ3) is 3.83. The third-order valence-corrected chi connectivity index (χ3v) is 2.96. The summed E-state index contributed by atoms with van der Waals surface area (Å²) in [6.45, 7) is 4.65. The second-order valence-corrected chi connectivity index (χ2v) is 4.17. The van der Waals surface area contributed by atoms with Crippen molar-refractivity contribution in [1.29, 1.82) is 5.26 Å². The molecule has 0 unspecified atom stereocenters. The summed E-state index contributed by atoms with van der Waals surface area (Å²) < 4.78 is 0. The summed E-state index contributed by atoms with van der Waals surface area (Å²) in [5.41, 5.74) is 2.52. The fraction of sp³-hybridized carbons (Fsp3) is 0.556. The Morgan fingerprint density at radius 2 is 2.53 bits per heavy atom. The van der Waals surface area contributed by atoms with E-state index >= 15 is 0 Å².